The van der Waals surface area contributed by atoms with E-state index in [-0.39, 0.29) is 5.56 Å². The molecule has 0 radical (unpaired) electrons. The number of nitrogens with one attached hydrogen (secondary N) is 1. The van der Waals surface area contributed by atoms with Gasteiger partial charge in [-0.3, -0.25) is 4.79 Å². The summed E-state index contributed by atoms with van der Waals surface area (Å²) in [6.07, 6.45) is 0. The molecule has 0 aliphatic heterocycles. The molecule has 94 valence electrons. The minimum absolute atomic E-state index is 0.267. The fraction of sp³-hybridized carbons (Fsp3) is 0. The van der Waals surface area contributed by atoms with E-state index in [0.29, 0.717) is 18.8 Å². The summed E-state index contributed by atoms with van der Waals surface area (Å²) in [6, 6.07) is 5.47. The molecule has 0 spiro atoms. The smallest absolute Gasteiger partial charge is 0.258 e. The molecule has 0 fully saturated rings. The van der Waals surface area contributed by atoms with E-state index in [0.717, 1.165) is 11.3 Å². The maximum atomic E-state index is 13.1. The normalized spacial score (nSPS) is 10.4. The molecule has 0 unspecified atom stereocenters. The Bertz CT molecular complexity index is 617. The third kappa shape index (κ3) is 3.03. The van der Waals surface area contributed by atoms with Gasteiger partial charge in [-0.05, 0) is 40.2 Å². The summed E-state index contributed by atoms with van der Waals surface area (Å²) in [5.41, 5.74) is 0.598. The highest BCUT2D eigenvalue weighted by molar-refractivity contribution is 9.10. The molecule has 1 aromatic carbocycles. The van der Waals surface area contributed by atoms with E-state index < -0.39 is 11.7 Å². The second-order valence-electron chi connectivity index (χ2n) is 3.32. The van der Waals surface area contributed by atoms with Gasteiger partial charge in [-0.2, -0.15) is 0 Å². The highest BCUT2D eigenvalue weighted by Crippen LogP contribution is 2.32. The van der Waals surface area contributed by atoms with Gasteiger partial charge in [-0.25, -0.2) is 4.39 Å². The Morgan fingerprint density at radius 3 is 2.67 bits per heavy atom. The van der Waals surface area contributed by atoms with Crippen LogP contribution >= 0.6 is 50.5 Å². The maximum Gasteiger partial charge on any atom is 0.258 e. The monoisotopic (exact) mass is 367 g/mol. The summed E-state index contributed by atoms with van der Waals surface area (Å²) < 4.78 is 14.4. The Balaban J connectivity index is 2.26. The Hall–Kier alpha value is -0.620. The zero-order chi connectivity index (χ0) is 13.3. The van der Waals surface area contributed by atoms with Crippen molar-refractivity contribution < 1.29 is 9.18 Å². The minimum Gasteiger partial charge on any atom is -0.321 e. The Labute approximate surface area is 125 Å². The van der Waals surface area contributed by atoms with Crippen LogP contribution in [0.25, 0.3) is 0 Å². The van der Waals surface area contributed by atoms with Crippen molar-refractivity contribution >= 4 is 62.1 Å². The van der Waals surface area contributed by atoms with Gasteiger partial charge in [0.25, 0.3) is 5.91 Å². The number of benzene rings is 1. The van der Waals surface area contributed by atoms with Crippen molar-refractivity contribution in [2.24, 2.45) is 0 Å². The average molecular weight is 369 g/mol. The van der Waals surface area contributed by atoms with E-state index in [1.165, 1.54) is 24.3 Å². The molecule has 2 nitrogen and oxygen atoms in total. The van der Waals surface area contributed by atoms with E-state index >= 15 is 0 Å². The first-order valence-electron chi connectivity index (χ1n) is 4.68. The van der Waals surface area contributed by atoms with Crippen molar-refractivity contribution in [3.05, 3.63) is 48.8 Å². The summed E-state index contributed by atoms with van der Waals surface area (Å²) in [5.74, 6) is -0.877. The van der Waals surface area contributed by atoms with Crippen molar-refractivity contribution in [3.63, 3.8) is 0 Å². The number of carbonyl (C=O) groups excluding carboxylic acids is 1. The molecule has 0 atom stereocenters. The van der Waals surface area contributed by atoms with Crippen molar-refractivity contribution in [2.45, 2.75) is 0 Å². The van der Waals surface area contributed by atoms with Crippen molar-refractivity contribution in [2.75, 3.05) is 5.32 Å². The fourth-order valence-corrected chi connectivity index (χ4v) is 3.08. The predicted molar refractivity (Wildman–Crippen MR) is 76.4 cm³/mol. The molecule has 2 rings (SSSR count). The number of hydrogen-bond donors (Lipinski definition) is 1. The molecule has 18 heavy (non-hydrogen) atoms. The van der Waals surface area contributed by atoms with Crippen LogP contribution in [0.3, 0.4) is 0 Å². The quantitative estimate of drug-likeness (QED) is 0.774. The molecule has 1 amide bonds. The SMILES string of the molecule is O=C(Nc1cc(F)ccc1Br)c1cc(Cl)sc1Cl. The van der Waals surface area contributed by atoms with E-state index in [9.17, 15) is 9.18 Å². The molecule has 1 N–H and O–H groups in total. The number of carbonyl (C=O) groups is 1. The lowest BCUT2D eigenvalue weighted by Gasteiger charge is -2.06. The second kappa shape index (κ2) is 5.57. The maximum absolute atomic E-state index is 13.1. The largest absolute Gasteiger partial charge is 0.321 e. The van der Waals surface area contributed by atoms with Crippen LogP contribution in [0.4, 0.5) is 10.1 Å². The third-order valence-electron chi connectivity index (χ3n) is 2.08. The molecule has 1 aromatic heterocycles. The Kier molecular flexibility index (Phi) is 4.27. The van der Waals surface area contributed by atoms with Crippen LogP contribution in [0.1, 0.15) is 10.4 Å². The van der Waals surface area contributed by atoms with E-state index in [1.807, 2.05) is 0 Å². The fourth-order valence-electron chi connectivity index (χ4n) is 1.28. The van der Waals surface area contributed by atoms with Crippen molar-refractivity contribution in [1.82, 2.24) is 0 Å². The number of rotatable bonds is 2. The van der Waals surface area contributed by atoms with Crippen LogP contribution in [0.15, 0.2) is 28.7 Å². The summed E-state index contributed by atoms with van der Waals surface area (Å²) in [7, 11) is 0. The number of amides is 1. The molecule has 7 heteroatoms. The molecular weight excluding hydrogens is 364 g/mol. The summed E-state index contributed by atoms with van der Waals surface area (Å²) >= 11 is 15.9. The minimum atomic E-state index is -0.442. The second-order valence-corrected chi connectivity index (χ2v) is 6.46. The molecule has 0 aliphatic rings. The first-order chi connectivity index (χ1) is 8.47. The highest BCUT2D eigenvalue weighted by atomic mass is 79.9. The van der Waals surface area contributed by atoms with Crippen LogP contribution in [0, 0.1) is 5.82 Å². The molecule has 0 bridgehead atoms. The number of anilines is 1. The first kappa shape index (κ1) is 13.8. The van der Waals surface area contributed by atoms with Crippen LogP contribution in [-0.2, 0) is 0 Å². The van der Waals surface area contributed by atoms with E-state index in [2.05, 4.69) is 21.2 Å². The lowest BCUT2D eigenvalue weighted by molar-refractivity contribution is 0.102. The lowest BCUT2D eigenvalue weighted by Crippen LogP contribution is -2.11. The zero-order valence-electron chi connectivity index (χ0n) is 8.64. The van der Waals surface area contributed by atoms with Crippen LogP contribution in [0.5, 0.6) is 0 Å². The van der Waals surface area contributed by atoms with Gasteiger partial charge in [0.05, 0.1) is 15.6 Å². The predicted octanol–water partition coefficient (Wildman–Crippen LogP) is 5.21. The molecule has 2 aromatic rings. The molecular formula is C11H5BrCl2FNOS. The molecule has 0 saturated carbocycles. The van der Waals surface area contributed by atoms with Gasteiger partial charge in [0.2, 0.25) is 0 Å². The topological polar surface area (TPSA) is 29.1 Å². The molecule has 1 heterocycles. The van der Waals surface area contributed by atoms with Gasteiger partial charge in [-0.15, -0.1) is 11.3 Å². The number of halogens is 4. The van der Waals surface area contributed by atoms with Gasteiger partial charge in [-0.1, -0.05) is 23.2 Å². The zero-order valence-corrected chi connectivity index (χ0v) is 12.6. The average Bonchev–Trinajstić information content (AvgIpc) is 2.63. The Morgan fingerprint density at radius 1 is 1.33 bits per heavy atom. The van der Waals surface area contributed by atoms with Gasteiger partial charge in [0, 0.05) is 4.47 Å². The number of hydrogen-bond acceptors (Lipinski definition) is 2. The van der Waals surface area contributed by atoms with Crippen LogP contribution < -0.4 is 5.32 Å². The molecule has 0 aliphatic carbocycles. The summed E-state index contributed by atoms with van der Waals surface area (Å²) in [6.45, 7) is 0. The molecule has 0 saturated heterocycles. The van der Waals surface area contributed by atoms with Gasteiger partial charge >= 0.3 is 0 Å². The van der Waals surface area contributed by atoms with Crippen molar-refractivity contribution in [3.8, 4) is 0 Å². The van der Waals surface area contributed by atoms with Crippen molar-refractivity contribution in [1.29, 1.82) is 0 Å². The highest BCUT2D eigenvalue weighted by Gasteiger charge is 2.15. The third-order valence-corrected chi connectivity index (χ3v) is 4.26. The van der Waals surface area contributed by atoms with E-state index in [1.54, 1.807) is 0 Å². The van der Waals surface area contributed by atoms with Crippen LogP contribution in [0.2, 0.25) is 8.67 Å². The van der Waals surface area contributed by atoms with E-state index in [4.69, 9.17) is 23.2 Å². The standard InChI is InChI=1S/C11H5BrCl2FNOS/c12-7-2-1-5(15)3-8(7)16-11(17)6-4-9(13)18-10(6)14/h1-4H,(H,16,17). The van der Waals surface area contributed by atoms with Gasteiger partial charge in [0.15, 0.2) is 0 Å². The van der Waals surface area contributed by atoms with Gasteiger partial charge < -0.3 is 5.32 Å². The lowest BCUT2D eigenvalue weighted by atomic mass is 10.2. The Morgan fingerprint density at radius 2 is 2.06 bits per heavy atom. The van der Waals surface area contributed by atoms with Gasteiger partial charge in [0.1, 0.15) is 10.2 Å². The first-order valence-corrected chi connectivity index (χ1v) is 7.05. The van der Waals surface area contributed by atoms with Crippen LogP contribution in [-0.4, -0.2) is 5.91 Å². The number of thiophene rings is 1. The summed E-state index contributed by atoms with van der Waals surface area (Å²) in [5, 5.41) is 2.56. The summed E-state index contributed by atoms with van der Waals surface area (Å²) in [4.78, 5) is 11.9.